The fourth-order valence-corrected chi connectivity index (χ4v) is 6.13. The Bertz CT molecular complexity index is 640. The second-order valence-corrected chi connectivity index (χ2v) is 8.51. The molecule has 23 heavy (non-hydrogen) atoms. The zero-order chi connectivity index (χ0) is 16.9. The molecular weight excluding hydrogens is 341 g/mol. The predicted molar refractivity (Wildman–Crippen MR) is 86.3 cm³/mol. The minimum absolute atomic E-state index is 0.141. The van der Waals surface area contributed by atoms with Crippen LogP contribution in [0.1, 0.15) is 25.8 Å². The van der Waals surface area contributed by atoms with Gasteiger partial charge in [-0.3, -0.25) is 4.57 Å². The molecule has 1 N–H and O–H groups in total. The lowest BCUT2D eigenvalue weighted by atomic mass is 10.1. The monoisotopic (exact) mass is 363 g/mol. The summed E-state index contributed by atoms with van der Waals surface area (Å²) in [5.41, 5.74) is 1.06. The maximum atomic E-state index is 12.9. The number of benzene rings is 1. The third kappa shape index (κ3) is 4.86. The Labute approximate surface area is 137 Å². The summed E-state index contributed by atoms with van der Waals surface area (Å²) < 4.78 is 54.2. The van der Waals surface area contributed by atoms with E-state index in [2.05, 4.69) is 4.72 Å². The van der Waals surface area contributed by atoms with Gasteiger partial charge in [0, 0.05) is 0 Å². The van der Waals surface area contributed by atoms with Gasteiger partial charge in [-0.25, -0.2) is 4.18 Å². The summed E-state index contributed by atoms with van der Waals surface area (Å²) in [5, 5.41) is 0. The molecule has 0 bridgehead atoms. The van der Waals surface area contributed by atoms with E-state index in [1.807, 2.05) is 30.3 Å². The molecule has 1 heterocycles. The standard InChI is InChI=1S/C14H22NO6PS/c1-3-19-22(16,20-4-2)14-13(15-23(17,18)21-14)11-10-12-8-6-5-7-9-12/h5-9,13-15H,3-4,10-11H2,1-2H3/t13-,14+/m0/s1. The third-order valence-electron chi connectivity index (χ3n) is 3.38. The average molecular weight is 363 g/mol. The topological polar surface area (TPSA) is 90.9 Å². The van der Waals surface area contributed by atoms with Crippen molar-refractivity contribution < 1.29 is 26.2 Å². The zero-order valence-electron chi connectivity index (χ0n) is 13.2. The molecule has 9 heteroatoms. The molecule has 0 unspecified atom stereocenters. The lowest BCUT2D eigenvalue weighted by molar-refractivity contribution is 0.163. The lowest BCUT2D eigenvalue weighted by Gasteiger charge is -2.24. The lowest BCUT2D eigenvalue weighted by Crippen LogP contribution is -2.33. The molecule has 2 atom stereocenters. The van der Waals surface area contributed by atoms with E-state index in [9.17, 15) is 13.0 Å². The van der Waals surface area contributed by atoms with Crippen molar-refractivity contribution in [2.24, 2.45) is 0 Å². The number of nitrogens with one attached hydrogen (secondary N) is 1. The highest BCUT2D eigenvalue weighted by atomic mass is 32.2. The van der Waals surface area contributed by atoms with Gasteiger partial charge in [0.15, 0.2) is 5.85 Å². The summed E-state index contributed by atoms with van der Waals surface area (Å²) in [6.07, 6.45) is 1.05. The first-order valence-electron chi connectivity index (χ1n) is 7.53. The van der Waals surface area contributed by atoms with Crippen LogP contribution < -0.4 is 4.72 Å². The number of hydrogen-bond acceptors (Lipinski definition) is 6. The van der Waals surface area contributed by atoms with Crippen molar-refractivity contribution in [3.05, 3.63) is 35.9 Å². The Kier molecular flexibility index (Phi) is 6.36. The van der Waals surface area contributed by atoms with Crippen molar-refractivity contribution in [2.45, 2.75) is 38.6 Å². The second kappa shape index (κ2) is 7.88. The summed E-state index contributed by atoms with van der Waals surface area (Å²) in [7, 11) is -7.64. The molecule has 0 amide bonds. The number of aryl methyl sites for hydroxylation is 1. The maximum absolute atomic E-state index is 12.9. The molecule has 0 saturated carbocycles. The summed E-state index contributed by atoms with van der Waals surface area (Å²) in [5.74, 6) is -1.17. The fourth-order valence-electron chi connectivity index (χ4n) is 2.45. The molecular formula is C14H22NO6PS. The number of hydrogen-bond donors (Lipinski definition) is 1. The summed E-state index contributed by atoms with van der Waals surface area (Å²) in [4.78, 5) is 0. The van der Waals surface area contributed by atoms with Crippen molar-refractivity contribution in [3.8, 4) is 0 Å². The van der Waals surface area contributed by atoms with Crippen molar-refractivity contribution in [3.63, 3.8) is 0 Å². The van der Waals surface area contributed by atoms with E-state index in [0.717, 1.165) is 5.56 Å². The van der Waals surface area contributed by atoms with Gasteiger partial charge in [0.25, 0.3) is 0 Å². The summed E-state index contributed by atoms with van der Waals surface area (Å²) in [6.45, 7) is 3.62. The molecule has 1 aromatic carbocycles. The highest BCUT2D eigenvalue weighted by Crippen LogP contribution is 2.56. The van der Waals surface area contributed by atoms with Crippen LogP contribution in [-0.4, -0.2) is 33.5 Å². The van der Waals surface area contributed by atoms with Gasteiger partial charge in [0.2, 0.25) is 0 Å². The van der Waals surface area contributed by atoms with Crippen molar-refractivity contribution in [1.29, 1.82) is 0 Å². The highest BCUT2D eigenvalue weighted by Gasteiger charge is 2.51. The Balaban J connectivity index is 2.16. The first-order valence-corrected chi connectivity index (χ1v) is 10.6. The first-order chi connectivity index (χ1) is 10.9. The molecule has 2 rings (SSSR count). The van der Waals surface area contributed by atoms with Gasteiger partial charge < -0.3 is 9.05 Å². The van der Waals surface area contributed by atoms with E-state index >= 15 is 0 Å². The van der Waals surface area contributed by atoms with Crippen LogP contribution in [0, 0.1) is 0 Å². The van der Waals surface area contributed by atoms with Crippen LogP contribution >= 0.6 is 7.60 Å². The predicted octanol–water partition coefficient (Wildman–Crippen LogP) is 2.44. The van der Waals surface area contributed by atoms with Gasteiger partial charge in [-0.2, -0.15) is 13.1 Å². The van der Waals surface area contributed by atoms with E-state index in [1.165, 1.54) is 0 Å². The van der Waals surface area contributed by atoms with Crippen LogP contribution in [0.3, 0.4) is 0 Å². The maximum Gasteiger partial charge on any atom is 0.362 e. The molecule has 0 aromatic heterocycles. The minimum atomic E-state index is -3.95. The molecule has 1 saturated heterocycles. The van der Waals surface area contributed by atoms with Crippen LogP contribution in [-0.2, 0) is 34.5 Å². The Morgan fingerprint density at radius 3 is 2.35 bits per heavy atom. The molecule has 130 valence electrons. The van der Waals surface area contributed by atoms with Gasteiger partial charge in [0.05, 0.1) is 19.3 Å². The van der Waals surface area contributed by atoms with E-state index in [4.69, 9.17) is 13.2 Å². The molecule has 1 aliphatic heterocycles. The second-order valence-electron chi connectivity index (χ2n) is 5.06. The van der Waals surface area contributed by atoms with Crippen LogP contribution in [0.2, 0.25) is 0 Å². The molecule has 7 nitrogen and oxygen atoms in total. The van der Waals surface area contributed by atoms with E-state index in [1.54, 1.807) is 13.8 Å². The van der Waals surface area contributed by atoms with Crippen molar-refractivity contribution in [2.75, 3.05) is 13.2 Å². The van der Waals surface area contributed by atoms with Gasteiger partial charge in [0.1, 0.15) is 0 Å². The molecule has 1 aliphatic rings. The number of rotatable bonds is 8. The molecule has 1 aromatic rings. The normalized spacial score (nSPS) is 23.9. The van der Waals surface area contributed by atoms with Crippen LogP contribution in [0.4, 0.5) is 0 Å². The van der Waals surface area contributed by atoms with Crippen LogP contribution in [0.25, 0.3) is 0 Å². The average Bonchev–Trinajstić information content (AvgIpc) is 2.82. The quantitative estimate of drug-likeness (QED) is 0.714. The molecule has 1 fully saturated rings. The molecule has 0 radical (unpaired) electrons. The molecule has 0 spiro atoms. The smallest absolute Gasteiger partial charge is 0.307 e. The van der Waals surface area contributed by atoms with Crippen molar-refractivity contribution in [1.82, 2.24) is 4.72 Å². The van der Waals surface area contributed by atoms with Crippen molar-refractivity contribution >= 4 is 17.9 Å². The van der Waals surface area contributed by atoms with Gasteiger partial charge in [-0.05, 0) is 32.3 Å². The van der Waals surface area contributed by atoms with E-state index in [0.29, 0.717) is 12.8 Å². The largest absolute Gasteiger partial charge is 0.362 e. The van der Waals surface area contributed by atoms with Gasteiger partial charge >= 0.3 is 17.9 Å². The van der Waals surface area contributed by atoms with E-state index in [-0.39, 0.29) is 13.2 Å². The van der Waals surface area contributed by atoms with Crippen LogP contribution in [0.15, 0.2) is 30.3 Å². The first kappa shape index (κ1) is 18.6. The zero-order valence-corrected chi connectivity index (χ0v) is 14.9. The van der Waals surface area contributed by atoms with Crippen LogP contribution in [0.5, 0.6) is 0 Å². The summed E-state index contributed by atoms with van der Waals surface area (Å²) >= 11 is 0. The highest BCUT2D eigenvalue weighted by molar-refractivity contribution is 7.85. The third-order valence-corrected chi connectivity index (χ3v) is 6.90. The minimum Gasteiger partial charge on any atom is -0.307 e. The summed E-state index contributed by atoms with van der Waals surface area (Å²) in [6, 6.07) is 8.96. The van der Waals surface area contributed by atoms with E-state index < -0.39 is 29.8 Å². The molecule has 0 aliphatic carbocycles. The van der Waals surface area contributed by atoms with Gasteiger partial charge in [-0.1, -0.05) is 30.3 Å². The Morgan fingerprint density at radius 2 is 1.78 bits per heavy atom. The van der Waals surface area contributed by atoms with Gasteiger partial charge in [-0.15, -0.1) is 0 Å². The fraction of sp³-hybridized carbons (Fsp3) is 0.571. The SMILES string of the molecule is CCOP(=O)(OCC)[C@H]1OS(=O)(=O)N[C@H]1CCc1ccccc1. The Hall–Kier alpha value is -0.760. The Morgan fingerprint density at radius 1 is 1.17 bits per heavy atom.